The van der Waals surface area contributed by atoms with E-state index in [2.05, 4.69) is 4.98 Å². The van der Waals surface area contributed by atoms with Gasteiger partial charge in [-0.3, -0.25) is 0 Å². The minimum atomic E-state index is 0.566. The lowest BCUT2D eigenvalue weighted by Gasteiger charge is -1.98. The molecule has 2 N–H and O–H groups in total. The van der Waals surface area contributed by atoms with Crippen LogP contribution in [0.5, 0.6) is 0 Å². The van der Waals surface area contributed by atoms with Crippen molar-refractivity contribution in [3.63, 3.8) is 0 Å². The third-order valence-corrected chi connectivity index (χ3v) is 1.76. The van der Waals surface area contributed by atoms with Gasteiger partial charge in [-0.2, -0.15) is 0 Å². The van der Waals surface area contributed by atoms with Crippen LogP contribution in [0.3, 0.4) is 0 Å². The van der Waals surface area contributed by atoms with Crippen LogP contribution in [0.25, 0.3) is 5.52 Å². The summed E-state index contributed by atoms with van der Waals surface area (Å²) in [5, 5.41) is 0. The molecule has 2 rings (SSSR count). The van der Waals surface area contributed by atoms with E-state index in [0.29, 0.717) is 6.54 Å². The fourth-order valence-electron chi connectivity index (χ4n) is 1.18. The van der Waals surface area contributed by atoms with Crippen molar-refractivity contribution >= 4 is 5.52 Å². The molecular formula is C8H9N3. The molecule has 0 atom stereocenters. The summed E-state index contributed by atoms with van der Waals surface area (Å²) in [6, 6.07) is 3.98. The molecule has 3 heteroatoms. The quantitative estimate of drug-likeness (QED) is 0.648. The highest BCUT2D eigenvalue weighted by atomic mass is 15.0. The first-order valence-electron chi connectivity index (χ1n) is 3.51. The molecule has 0 amide bonds. The second-order valence-electron chi connectivity index (χ2n) is 2.42. The standard InChI is InChI=1S/C8H9N3/c9-4-7-2-1-3-11-6-10-5-8(7)11/h1-3,5-6H,4,9H2. The predicted molar refractivity (Wildman–Crippen MR) is 43.1 cm³/mol. The van der Waals surface area contributed by atoms with Crippen LogP contribution in [-0.2, 0) is 6.54 Å². The van der Waals surface area contributed by atoms with Crippen LogP contribution in [0.1, 0.15) is 5.56 Å². The molecule has 0 saturated heterocycles. The molecule has 0 aliphatic heterocycles. The molecular weight excluding hydrogens is 138 g/mol. The first kappa shape index (κ1) is 6.37. The number of aromatic nitrogens is 2. The van der Waals surface area contributed by atoms with Gasteiger partial charge in [-0.25, -0.2) is 4.98 Å². The Bertz CT molecular complexity index is 364. The first-order chi connectivity index (χ1) is 5.42. The minimum Gasteiger partial charge on any atom is -0.326 e. The van der Waals surface area contributed by atoms with E-state index in [-0.39, 0.29) is 0 Å². The Morgan fingerprint density at radius 2 is 2.45 bits per heavy atom. The molecule has 0 aliphatic carbocycles. The van der Waals surface area contributed by atoms with Gasteiger partial charge in [0.05, 0.1) is 18.0 Å². The molecule has 0 aliphatic rings. The van der Waals surface area contributed by atoms with E-state index in [1.165, 1.54) is 0 Å². The summed E-state index contributed by atoms with van der Waals surface area (Å²) in [5.41, 5.74) is 7.76. The fourth-order valence-corrected chi connectivity index (χ4v) is 1.18. The molecule has 11 heavy (non-hydrogen) atoms. The number of rotatable bonds is 1. The van der Waals surface area contributed by atoms with Crippen molar-refractivity contribution in [3.8, 4) is 0 Å². The average Bonchev–Trinajstić information content (AvgIpc) is 2.50. The van der Waals surface area contributed by atoms with Crippen molar-refractivity contribution < 1.29 is 0 Å². The van der Waals surface area contributed by atoms with Gasteiger partial charge in [0.15, 0.2) is 0 Å². The zero-order chi connectivity index (χ0) is 7.68. The zero-order valence-electron chi connectivity index (χ0n) is 6.07. The highest BCUT2D eigenvalue weighted by Gasteiger charge is 1.96. The summed E-state index contributed by atoms with van der Waals surface area (Å²) in [5.74, 6) is 0. The number of hydrogen-bond acceptors (Lipinski definition) is 2. The van der Waals surface area contributed by atoms with Crippen LogP contribution in [0, 0.1) is 0 Å². The van der Waals surface area contributed by atoms with Crippen molar-refractivity contribution in [3.05, 3.63) is 36.4 Å². The normalized spacial score (nSPS) is 10.6. The lowest BCUT2D eigenvalue weighted by atomic mass is 10.2. The lowest BCUT2D eigenvalue weighted by Crippen LogP contribution is -1.98. The van der Waals surface area contributed by atoms with Crippen LogP contribution < -0.4 is 5.73 Å². The molecule has 56 valence electrons. The van der Waals surface area contributed by atoms with Gasteiger partial charge in [0.25, 0.3) is 0 Å². The van der Waals surface area contributed by atoms with E-state index in [4.69, 9.17) is 5.73 Å². The SMILES string of the molecule is NCc1cccn2cncc12. The van der Waals surface area contributed by atoms with Gasteiger partial charge in [0.1, 0.15) is 0 Å². The van der Waals surface area contributed by atoms with Crippen LogP contribution in [0.15, 0.2) is 30.9 Å². The highest BCUT2D eigenvalue weighted by molar-refractivity contribution is 5.52. The van der Waals surface area contributed by atoms with Gasteiger partial charge in [0, 0.05) is 12.7 Å². The molecule has 2 heterocycles. The maximum Gasteiger partial charge on any atom is 0.0992 e. The largest absolute Gasteiger partial charge is 0.326 e. The van der Waals surface area contributed by atoms with Crippen molar-refractivity contribution in [1.29, 1.82) is 0 Å². The Hall–Kier alpha value is -1.35. The number of nitrogens with zero attached hydrogens (tertiary/aromatic N) is 2. The second-order valence-corrected chi connectivity index (χ2v) is 2.42. The molecule has 0 radical (unpaired) electrons. The Morgan fingerprint density at radius 1 is 1.55 bits per heavy atom. The number of fused-ring (bicyclic) bond motifs is 1. The number of nitrogens with two attached hydrogens (primary N) is 1. The summed E-state index contributed by atoms with van der Waals surface area (Å²) < 4.78 is 1.96. The van der Waals surface area contributed by atoms with E-state index >= 15 is 0 Å². The summed E-state index contributed by atoms with van der Waals surface area (Å²) in [4.78, 5) is 4.02. The highest BCUT2D eigenvalue weighted by Crippen LogP contribution is 2.07. The van der Waals surface area contributed by atoms with Gasteiger partial charge >= 0.3 is 0 Å². The maximum atomic E-state index is 5.53. The smallest absolute Gasteiger partial charge is 0.0992 e. The molecule has 2 aromatic heterocycles. The van der Waals surface area contributed by atoms with Crippen molar-refractivity contribution in [1.82, 2.24) is 9.38 Å². The Morgan fingerprint density at radius 3 is 3.27 bits per heavy atom. The van der Waals surface area contributed by atoms with Crippen LogP contribution >= 0.6 is 0 Å². The Labute approximate surface area is 64.5 Å². The molecule has 0 aromatic carbocycles. The average molecular weight is 147 g/mol. The molecule has 0 saturated carbocycles. The van der Waals surface area contributed by atoms with Gasteiger partial charge in [-0.1, -0.05) is 6.07 Å². The molecule has 0 spiro atoms. The van der Waals surface area contributed by atoms with E-state index in [0.717, 1.165) is 11.1 Å². The summed E-state index contributed by atoms with van der Waals surface area (Å²) in [7, 11) is 0. The van der Waals surface area contributed by atoms with E-state index in [9.17, 15) is 0 Å². The third kappa shape index (κ3) is 0.897. The predicted octanol–water partition coefficient (Wildman–Crippen LogP) is 0.793. The second kappa shape index (κ2) is 2.36. The fraction of sp³-hybridized carbons (Fsp3) is 0.125. The van der Waals surface area contributed by atoms with Gasteiger partial charge < -0.3 is 10.1 Å². The number of hydrogen-bond donors (Lipinski definition) is 1. The van der Waals surface area contributed by atoms with E-state index in [1.54, 1.807) is 6.33 Å². The van der Waals surface area contributed by atoms with E-state index < -0.39 is 0 Å². The van der Waals surface area contributed by atoms with Crippen LogP contribution in [0.4, 0.5) is 0 Å². The van der Waals surface area contributed by atoms with Crippen molar-refractivity contribution in [2.24, 2.45) is 5.73 Å². The van der Waals surface area contributed by atoms with E-state index in [1.807, 2.05) is 28.9 Å². The third-order valence-electron chi connectivity index (χ3n) is 1.76. The first-order valence-corrected chi connectivity index (χ1v) is 3.51. The summed E-state index contributed by atoms with van der Waals surface area (Å²) in [6.07, 6.45) is 5.55. The molecule has 0 bridgehead atoms. The molecule has 2 aromatic rings. The summed E-state index contributed by atoms with van der Waals surface area (Å²) >= 11 is 0. The monoisotopic (exact) mass is 147 g/mol. The van der Waals surface area contributed by atoms with Gasteiger partial charge in [-0.05, 0) is 11.6 Å². The Kier molecular flexibility index (Phi) is 1.36. The van der Waals surface area contributed by atoms with Gasteiger partial charge in [0.2, 0.25) is 0 Å². The zero-order valence-corrected chi connectivity index (χ0v) is 6.07. The lowest BCUT2D eigenvalue weighted by molar-refractivity contribution is 1.05. The maximum absolute atomic E-state index is 5.53. The molecule has 3 nitrogen and oxygen atoms in total. The Balaban J connectivity index is 2.79. The van der Waals surface area contributed by atoms with Crippen LogP contribution in [-0.4, -0.2) is 9.38 Å². The minimum absolute atomic E-state index is 0.566. The number of imidazole rings is 1. The van der Waals surface area contributed by atoms with Crippen molar-refractivity contribution in [2.45, 2.75) is 6.54 Å². The van der Waals surface area contributed by atoms with Gasteiger partial charge in [-0.15, -0.1) is 0 Å². The number of pyridine rings is 1. The van der Waals surface area contributed by atoms with Crippen molar-refractivity contribution in [2.75, 3.05) is 0 Å². The van der Waals surface area contributed by atoms with Crippen LogP contribution in [0.2, 0.25) is 0 Å². The summed E-state index contributed by atoms with van der Waals surface area (Å²) in [6.45, 7) is 0.566. The molecule has 0 unspecified atom stereocenters. The topological polar surface area (TPSA) is 43.3 Å². The molecule has 0 fully saturated rings.